The Labute approximate surface area is 112 Å². The van der Waals surface area contributed by atoms with E-state index in [0.717, 1.165) is 42.0 Å². The van der Waals surface area contributed by atoms with Gasteiger partial charge in [-0.1, -0.05) is 24.6 Å². The van der Waals surface area contributed by atoms with Crippen LogP contribution in [0.2, 0.25) is 0 Å². The van der Waals surface area contributed by atoms with Gasteiger partial charge in [-0.2, -0.15) is 0 Å². The fourth-order valence-corrected chi connectivity index (χ4v) is 2.79. The predicted molar refractivity (Wildman–Crippen MR) is 79.4 cm³/mol. The van der Waals surface area contributed by atoms with Gasteiger partial charge in [0.1, 0.15) is 5.49 Å². The number of hydrogen-bond acceptors (Lipinski definition) is 3. The first-order chi connectivity index (χ1) is 8.72. The Morgan fingerprint density at radius 3 is 2.78 bits per heavy atom. The molecule has 1 aliphatic rings. The van der Waals surface area contributed by atoms with E-state index in [0.29, 0.717) is 6.04 Å². The number of rotatable bonds is 2. The van der Waals surface area contributed by atoms with Crippen molar-refractivity contribution in [2.45, 2.75) is 25.8 Å². The molecule has 0 aromatic carbocycles. The van der Waals surface area contributed by atoms with Gasteiger partial charge in [-0.15, -0.1) is 0 Å². The third kappa shape index (κ3) is 3.27. The van der Waals surface area contributed by atoms with Crippen molar-refractivity contribution < 1.29 is 0 Å². The first-order valence-corrected chi connectivity index (χ1v) is 7.58. The van der Waals surface area contributed by atoms with Gasteiger partial charge in [0.15, 0.2) is 0 Å². The van der Waals surface area contributed by atoms with Gasteiger partial charge in [0, 0.05) is 23.7 Å². The second-order valence-corrected chi connectivity index (χ2v) is 5.43. The molecular formula is C14H21N3S. The van der Waals surface area contributed by atoms with Crippen molar-refractivity contribution in [3.05, 3.63) is 28.2 Å². The summed E-state index contributed by atoms with van der Waals surface area (Å²) in [7, 11) is 0. The largest absolute Gasteiger partial charge is 0.341 e. The summed E-state index contributed by atoms with van der Waals surface area (Å²) in [6.07, 6.45) is 6.51. The standard InChI is InChI=1S/C14H21N3S/c1-4-12-6-5-11(2)15-14(12)16-13-7-9-17(18-3)10-8-13/h4-6,13H,2,7-10H2,1,3H3,(H,15,16)/b12-4-. The third-order valence-electron chi connectivity index (χ3n) is 3.32. The average molecular weight is 263 g/mol. The van der Waals surface area contributed by atoms with E-state index in [4.69, 9.17) is 4.99 Å². The van der Waals surface area contributed by atoms with Crippen LogP contribution in [0.5, 0.6) is 0 Å². The van der Waals surface area contributed by atoms with Gasteiger partial charge < -0.3 is 4.98 Å². The van der Waals surface area contributed by atoms with Crippen LogP contribution in [0.3, 0.4) is 0 Å². The number of piperidine rings is 1. The highest BCUT2D eigenvalue weighted by Crippen LogP contribution is 2.17. The molecule has 1 fully saturated rings. The first-order valence-electron chi connectivity index (χ1n) is 6.40. The van der Waals surface area contributed by atoms with Gasteiger partial charge in [-0.25, -0.2) is 0 Å². The summed E-state index contributed by atoms with van der Waals surface area (Å²) < 4.78 is 2.40. The number of nitrogens with one attached hydrogen (secondary N) is 1. The molecular weight excluding hydrogens is 242 g/mol. The van der Waals surface area contributed by atoms with Crippen LogP contribution in [0.4, 0.5) is 0 Å². The van der Waals surface area contributed by atoms with Gasteiger partial charge in [0.05, 0.1) is 6.04 Å². The molecule has 0 spiro atoms. The Balaban J connectivity index is 2.24. The predicted octanol–water partition coefficient (Wildman–Crippen LogP) is 0.868. The molecule has 0 bridgehead atoms. The van der Waals surface area contributed by atoms with Crippen LogP contribution in [-0.2, 0) is 0 Å². The summed E-state index contributed by atoms with van der Waals surface area (Å²) in [5.74, 6) is 0. The highest BCUT2D eigenvalue weighted by molar-refractivity contribution is 7.96. The van der Waals surface area contributed by atoms with Gasteiger partial charge in [0.2, 0.25) is 0 Å². The zero-order valence-electron chi connectivity index (χ0n) is 11.1. The number of hydrogen-bond donors (Lipinski definition) is 1. The van der Waals surface area contributed by atoms with Crippen LogP contribution in [0, 0.1) is 0 Å². The summed E-state index contributed by atoms with van der Waals surface area (Å²) in [4.78, 5) is 8.13. The summed E-state index contributed by atoms with van der Waals surface area (Å²) in [5.41, 5.74) is 0.979. The van der Waals surface area contributed by atoms with Crippen molar-refractivity contribution >= 4 is 24.6 Å². The molecule has 18 heavy (non-hydrogen) atoms. The molecule has 0 aliphatic carbocycles. The first kappa shape index (κ1) is 13.4. The fourth-order valence-electron chi connectivity index (χ4n) is 2.21. The van der Waals surface area contributed by atoms with E-state index in [9.17, 15) is 0 Å². The molecule has 0 saturated carbocycles. The summed E-state index contributed by atoms with van der Waals surface area (Å²) >= 11 is 1.83. The van der Waals surface area contributed by atoms with Crippen LogP contribution < -0.4 is 16.1 Å². The fraction of sp³-hybridized carbons (Fsp3) is 0.500. The smallest absolute Gasteiger partial charge is 0.132 e. The molecule has 1 aromatic heterocycles. The lowest BCUT2D eigenvalue weighted by Gasteiger charge is -2.27. The lowest BCUT2D eigenvalue weighted by molar-refractivity contribution is 0.344. The van der Waals surface area contributed by atoms with E-state index >= 15 is 0 Å². The van der Waals surface area contributed by atoms with E-state index in [1.54, 1.807) is 0 Å². The zero-order chi connectivity index (χ0) is 13.0. The summed E-state index contributed by atoms with van der Waals surface area (Å²) in [6.45, 7) is 8.24. The van der Waals surface area contributed by atoms with Crippen molar-refractivity contribution in [3.8, 4) is 0 Å². The van der Waals surface area contributed by atoms with Gasteiger partial charge in [-0.05, 0) is 38.2 Å². The lowest BCUT2D eigenvalue weighted by atomic mass is 10.1. The van der Waals surface area contributed by atoms with Crippen LogP contribution in [0.1, 0.15) is 19.8 Å². The van der Waals surface area contributed by atoms with Crippen molar-refractivity contribution in [1.82, 2.24) is 9.29 Å². The topological polar surface area (TPSA) is 31.4 Å². The number of H-pyrrole nitrogens is 1. The molecule has 3 nitrogen and oxygen atoms in total. The van der Waals surface area contributed by atoms with Crippen molar-refractivity contribution in [3.63, 3.8) is 0 Å². The van der Waals surface area contributed by atoms with Crippen LogP contribution in [0.25, 0.3) is 12.7 Å². The minimum atomic E-state index is 0.435. The molecule has 1 aliphatic heterocycles. The molecule has 4 heteroatoms. The third-order valence-corrected chi connectivity index (χ3v) is 4.20. The normalized spacial score (nSPS) is 20.6. The van der Waals surface area contributed by atoms with Crippen molar-refractivity contribution in [1.29, 1.82) is 0 Å². The van der Waals surface area contributed by atoms with Crippen LogP contribution >= 0.6 is 11.9 Å². The molecule has 2 heterocycles. The molecule has 2 rings (SSSR count). The molecule has 0 unspecified atom stereocenters. The molecule has 1 saturated heterocycles. The number of aromatic nitrogens is 1. The molecule has 0 atom stereocenters. The Morgan fingerprint density at radius 1 is 1.44 bits per heavy atom. The van der Waals surface area contributed by atoms with Crippen LogP contribution in [-0.4, -0.2) is 34.7 Å². The number of aromatic amines is 1. The molecule has 1 N–H and O–H groups in total. The van der Waals surface area contributed by atoms with E-state index in [-0.39, 0.29) is 0 Å². The molecule has 98 valence electrons. The maximum absolute atomic E-state index is 4.86. The maximum Gasteiger partial charge on any atom is 0.132 e. The Hall–Kier alpha value is -1.00. The second kappa shape index (κ2) is 6.25. The Bertz CT molecular complexity index is 553. The molecule has 1 aromatic rings. The highest BCUT2D eigenvalue weighted by atomic mass is 32.2. The van der Waals surface area contributed by atoms with Crippen molar-refractivity contribution in [2.24, 2.45) is 4.99 Å². The highest BCUT2D eigenvalue weighted by Gasteiger charge is 2.17. The van der Waals surface area contributed by atoms with E-state index < -0.39 is 0 Å². The lowest BCUT2D eigenvalue weighted by Crippen LogP contribution is -2.37. The molecule has 0 radical (unpaired) electrons. The quantitative estimate of drug-likeness (QED) is 0.803. The Kier molecular flexibility index (Phi) is 4.66. The SMILES string of the molecule is C=c1ccc(=C/C)/c(=N\C2CCN(SC)CC2)[nH]1. The minimum Gasteiger partial charge on any atom is -0.341 e. The maximum atomic E-state index is 4.86. The average Bonchev–Trinajstić information content (AvgIpc) is 2.40. The van der Waals surface area contributed by atoms with E-state index in [2.05, 4.69) is 34.3 Å². The monoisotopic (exact) mass is 263 g/mol. The minimum absolute atomic E-state index is 0.435. The zero-order valence-corrected chi connectivity index (χ0v) is 12.0. The van der Waals surface area contributed by atoms with Crippen molar-refractivity contribution in [2.75, 3.05) is 19.3 Å². The molecule has 0 amide bonds. The number of nitrogens with zero attached hydrogens (tertiary/aromatic N) is 2. The van der Waals surface area contributed by atoms with Gasteiger partial charge >= 0.3 is 0 Å². The summed E-state index contributed by atoms with van der Waals surface area (Å²) in [6, 6.07) is 4.50. The van der Waals surface area contributed by atoms with Gasteiger partial charge in [0.25, 0.3) is 0 Å². The second-order valence-electron chi connectivity index (χ2n) is 4.55. The van der Waals surface area contributed by atoms with E-state index in [1.165, 1.54) is 0 Å². The number of pyridine rings is 1. The van der Waals surface area contributed by atoms with E-state index in [1.807, 2.05) is 24.9 Å². The summed E-state index contributed by atoms with van der Waals surface area (Å²) in [5, 5.41) is 2.08. The Morgan fingerprint density at radius 2 is 2.17 bits per heavy atom. The van der Waals surface area contributed by atoms with Gasteiger partial charge in [-0.3, -0.25) is 9.30 Å². The van der Waals surface area contributed by atoms with Crippen LogP contribution in [0.15, 0.2) is 17.1 Å².